The molecule has 1 unspecified atom stereocenters. The van der Waals surface area contributed by atoms with Crippen molar-refractivity contribution in [1.29, 1.82) is 0 Å². The van der Waals surface area contributed by atoms with Gasteiger partial charge in [0.05, 0.1) is 6.26 Å². The number of anilines is 2. The second kappa shape index (κ2) is 6.46. The molecule has 0 spiro atoms. The number of nitrogens with one attached hydrogen (secondary N) is 1. The topological polar surface area (TPSA) is 97.3 Å². The summed E-state index contributed by atoms with van der Waals surface area (Å²) in [6.07, 6.45) is 5.27. The van der Waals surface area contributed by atoms with E-state index in [0.717, 1.165) is 25.9 Å². The Morgan fingerprint density at radius 1 is 1.50 bits per heavy atom. The molecule has 3 heterocycles. The average molecular weight is 301 g/mol. The maximum Gasteiger partial charge on any atom is 0.286 e. The van der Waals surface area contributed by atoms with Crippen LogP contribution in [0.3, 0.4) is 0 Å². The standard InChI is InChI=1S/C15H19N5O2/c16-13-5-6-17-15(19-13)20-7-1-3-11(10-20)9-18-14(21)12-4-2-8-22-12/h2,4-6,8,11H,1,3,7,9-10H2,(H,18,21)(H2,16,17,19). The molecule has 0 aromatic carbocycles. The molecule has 1 aliphatic rings. The molecule has 3 N–H and O–H groups in total. The van der Waals surface area contributed by atoms with E-state index >= 15 is 0 Å². The van der Waals surface area contributed by atoms with Crippen molar-refractivity contribution in [3.05, 3.63) is 36.4 Å². The molecule has 3 rings (SSSR count). The quantitative estimate of drug-likeness (QED) is 0.883. The van der Waals surface area contributed by atoms with Crippen molar-refractivity contribution in [3.63, 3.8) is 0 Å². The Morgan fingerprint density at radius 2 is 2.41 bits per heavy atom. The molecule has 1 amide bonds. The highest BCUT2D eigenvalue weighted by Crippen LogP contribution is 2.20. The van der Waals surface area contributed by atoms with Crippen LogP contribution < -0.4 is 16.0 Å². The predicted molar refractivity (Wildman–Crippen MR) is 82.4 cm³/mol. The van der Waals surface area contributed by atoms with Gasteiger partial charge >= 0.3 is 0 Å². The third kappa shape index (κ3) is 3.36. The molecule has 2 aromatic heterocycles. The molecule has 7 heteroatoms. The van der Waals surface area contributed by atoms with E-state index in [1.54, 1.807) is 24.4 Å². The number of amides is 1. The van der Waals surface area contributed by atoms with E-state index in [1.807, 2.05) is 0 Å². The highest BCUT2D eigenvalue weighted by molar-refractivity contribution is 5.91. The van der Waals surface area contributed by atoms with Crippen LogP contribution in [0.5, 0.6) is 0 Å². The lowest BCUT2D eigenvalue weighted by molar-refractivity contribution is 0.0918. The van der Waals surface area contributed by atoms with Crippen molar-refractivity contribution in [2.24, 2.45) is 5.92 Å². The van der Waals surface area contributed by atoms with Crippen LogP contribution in [0.1, 0.15) is 23.4 Å². The zero-order valence-electron chi connectivity index (χ0n) is 12.2. The van der Waals surface area contributed by atoms with Crippen molar-refractivity contribution < 1.29 is 9.21 Å². The summed E-state index contributed by atoms with van der Waals surface area (Å²) in [7, 11) is 0. The van der Waals surface area contributed by atoms with E-state index in [-0.39, 0.29) is 5.91 Å². The zero-order chi connectivity index (χ0) is 15.4. The van der Waals surface area contributed by atoms with Crippen LogP contribution in [0.15, 0.2) is 35.1 Å². The molecule has 1 atom stereocenters. The summed E-state index contributed by atoms with van der Waals surface area (Å²) in [5, 5.41) is 2.91. The summed E-state index contributed by atoms with van der Waals surface area (Å²) in [6, 6.07) is 5.03. The van der Waals surface area contributed by atoms with Gasteiger partial charge < -0.3 is 20.4 Å². The monoisotopic (exact) mass is 301 g/mol. The average Bonchev–Trinajstić information content (AvgIpc) is 3.07. The third-order valence-corrected chi connectivity index (χ3v) is 3.76. The van der Waals surface area contributed by atoms with E-state index in [1.165, 1.54) is 6.26 Å². The zero-order valence-corrected chi connectivity index (χ0v) is 12.2. The number of furan rings is 1. The molecule has 1 aliphatic heterocycles. The van der Waals surface area contributed by atoms with Gasteiger partial charge in [-0.3, -0.25) is 4.79 Å². The molecule has 116 valence electrons. The molecule has 7 nitrogen and oxygen atoms in total. The lowest BCUT2D eigenvalue weighted by atomic mass is 9.98. The number of nitrogens with zero attached hydrogens (tertiary/aromatic N) is 3. The number of nitrogen functional groups attached to an aromatic ring is 1. The number of hydrogen-bond donors (Lipinski definition) is 2. The van der Waals surface area contributed by atoms with Gasteiger partial charge in [0.1, 0.15) is 5.82 Å². The molecular formula is C15H19N5O2. The van der Waals surface area contributed by atoms with E-state index in [9.17, 15) is 4.79 Å². The SMILES string of the molecule is Nc1ccnc(N2CCCC(CNC(=O)c3ccco3)C2)n1. The molecule has 1 fully saturated rings. The third-order valence-electron chi connectivity index (χ3n) is 3.76. The van der Waals surface area contributed by atoms with Crippen LogP contribution in [-0.2, 0) is 0 Å². The number of rotatable bonds is 4. The van der Waals surface area contributed by atoms with Gasteiger partial charge in [-0.2, -0.15) is 4.98 Å². The molecule has 22 heavy (non-hydrogen) atoms. The molecular weight excluding hydrogens is 282 g/mol. The Morgan fingerprint density at radius 3 is 3.18 bits per heavy atom. The summed E-state index contributed by atoms with van der Waals surface area (Å²) in [4.78, 5) is 22.5. The number of carbonyl (C=O) groups excluding carboxylic acids is 1. The minimum atomic E-state index is -0.178. The van der Waals surface area contributed by atoms with Crippen LogP contribution in [-0.4, -0.2) is 35.5 Å². The largest absolute Gasteiger partial charge is 0.459 e. The Kier molecular flexibility index (Phi) is 4.22. The first kappa shape index (κ1) is 14.4. The van der Waals surface area contributed by atoms with E-state index < -0.39 is 0 Å². The first-order chi connectivity index (χ1) is 10.7. The molecule has 0 saturated carbocycles. The van der Waals surface area contributed by atoms with Crippen molar-refractivity contribution in [1.82, 2.24) is 15.3 Å². The van der Waals surface area contributed by atoms with Gasteiger partial charge in [0.15, 0.2) is 5.76 Å². The highest BCUT2D eigenvalue weighted by Gasteiger charge is 2.22. The normalized spacial score (nSPS) is 18.2. The first-order valence-corrected chi connectivity index (χ1v) is 7.37. The molecule has 0 radical (unpaired) electrons. The smallest absolute Gasteiger partial charge is 0.286 e. The number of hydrogen-bond acceptors (Lipinski definition) is 6. The first-order valence-electron chi connectivity index (χ1n) is 7.37. The van der Waals surface area contributed by atoms with Crippen molar-refractivity contribution in [2.45, 2.75) is 12.8 Å². The van der Waals surface area contributed by atoms with Crippen LogP contribution in [0.25, 0.3) is 0 Å². The van der Waals surface area contributed by atoms with Crippen LogP contribution >= 0.6 is 0 Å². The van der Waals surface area contributed by atoms with Gasteiger partial charge in [-0.15, -0.1) is 0 Å². The maximum atomic E-state index is 11.9. The van der Waals surface area contributed by atoms with Gasteiger partial charge in [-0.05, 0) is 37.0 Å². The minimum absolute atomic E-state index is 0.178. The summed E-state index contributed by atoms with van der Waals surface area (Å²) in [5.74, 6) is 1.65. The summed E-state index contributed by atoms with van der Waals surface area (Å²) < 4.78 is 5.08. The van der Waals surface area contributed by atoms with Crippen LogP contribution in [0.4, 0.5) is 11.8 Å². The second-order valence-electron chi connectivity index (χ2n) is 5.42. The molecule has 1 saturated heterocycles. The van der Waals surface area contributed by atoms with Crippen LogP contribution in [0, 0.1) is 5.92 Å². The molecule has 2 aromatic rings. The Hall–Kier alpha value is -2.57. The highest BCUT2D eigenvalue weighted by atomic mass is 16.3. The van der Waals surface area contributed by atoms with Crippen molar-refractivity contribution in [2.75, 3.05) is 30.3 Å². The van der Waals surface area contributed by atoms with E-state index in [0.29, 0.717) is 30.0 Å². The molecule has 0 aliphatic carbocycles. The van der Waals surface area contributed by atoms with Crippen LogP contribution in [0.2, 0.25) is 0 Å². The summed E-state index contributed by atoms with van der Waals surface area (Å²) in [6.45, 7) is 2.33. The fourth-order valence-electron chi connectivity index (χ4n) is 2.66. The fourth-order valence-corrected chi connectivity index (χ4v) is 2.66. The maximum absolute atomic E-state index is 11.9. The van der Waals surface area contributed by atoms with Gasteiger partial charge in [0, 0.05) is 25.8 Å². The second-order valence-corrected chi connectivity index (χ2v) is 5.42. The predicted octanol–water partition coefficient (Wildman–Crippen LogP) is 1.30. The van der Waals surface area contributed by atoms with Gasteiger partial charge in [-0.1, -0.05) is 0 Å². The van der Waals surface area contributed by atoms with Gasteiger partial charge in [-0.25, -0.2) is 4.98 Å². The number of nitrogens with two attached hydrogens (primary N) is 1. The Balaban J connectivity index is 1.56. The summed E-state index contributed by atoms with van der Waals surface area (Å²) >= 11 is 0. The molecule has 0 bridgehead atoms. The van der Waals surface area contributed by atoms with E-state index in [4.69, 9.17) is 10.2 Å². The van der Waals surface area contributed by atoms with E-state index in [2.05, 4.69) is 20.2 Å². The van der Waals surface area contributed by atoms with Crippen molar-refractivity contribution >= 4 is 17.7 Å². The summed E-state index contributed by atoms with van der Waals surface area (Å²) in [5.41, 5.74) is 5.71. The Labute approximate surface area is 128 Å². The minimum Gasteiger partial charge on any atom is -0.459 e. The number of piperidine rings is 1. The fraction of sp³-hybridized carbons (Fsp3) is 0.400. The number of carbonyl (C=O) groups is 1. The van der Waals surface area contributed by atoms with Gasteiger partial charge in [0.2, 0.25) is 5.95 Å². The lowest BCUT2D eigenvalue weighted by Gasteiger charge is -2.32. The lowest BCUT2D eigenvalue weighted by Crippen LogP contribution is -2.41. The number of aromatic nitrogens is 2. The van der Waals surface area contributed by atoms with Gasteiger partial charge in [0.25, 0.3) is 5.91 Å². The Bertz CT molecular complexity index is 629. The van der Waals surface area contributed by atoms with Crippen molar-refractivity contribution in [3.8, 4) is 0 Å².